The molecule has 122 valence electrons. The molecule has 0 unspecified atom stereocenters. The van der Waals surface area contributed by atoms with E-state index < -0.39 is 0 Å². The SMILES string of the molecule is COc1c(C)cnc(CN2CCNc3c(Cl)nc(N)nc32)c1C. The molecule has 0 amide bonds. The maximum Gasteiger partial charge on any atom is 0.223 e. The largest absolute Gasteiger partial charge is 0.496 e. The zero-order chi connectivity index (χ0) is 16.6. The van der Waals surface area contributed by atoms with Gasteiger partial charge in [-0.3, -0.25) is 4.98 Å². The van der Waals surface area contributed by atoms with Crippen LogP contribution in [-0.2, 0) is 6.54 Å². The molecule has 23 heavy (non-hydrogen) atoms. The van der Waals surface area contributed by atoms with Gasteiger partial charge in [0.15, 0.2) is 11.0 Å². The topological polar surface area (TPSA) is 89.2 Å². The molecule has 0 aromatic carbocycles. The Hall–Kier alpha value is -2.28. The number of nitrogens with zero attached hydrogens (tertiary/aromatic N) is 4. The number of nitrogens with one attached hydrogen (secondary N) is 1. The van der Waals surface area contributed by atoms with E-state index >= 15 is 0 Å². The summed E-state index contributed by atoms with van der Waals surface area (Å²) in [6.45, 7) is 6.12. The third kappa shape index (κ3) is 2.84. The van der Waals surface area contributed by atoms with Gasteiger partial charge in [0.1, 0.15) is 11.4 Å². The van der Waals surface area contributed by atoms with Crippen LogP contribution in [0.25, 0.3) is 0 Å². The summed E-state index contributed by atoms with van der Waals surface area (Å²) in [5, 5.41) is 3.56. The highest BCUT2D eigenvalue weighted by molar-refractivity contribution is 6.32. The Morgan fingerprint density at radius 1 is 1.39 bits per heavy atom. The van der Waals surface area contributed by atoms with Gasteiger partial charge >= 0.3 is 0 Å². The summed E-state index contributed by atoms with van der Waals surface area (Å²) in [5.41, 5.74) is 9.43. The first-order valence-electron chi connectivity index (χ1n) is 7.32. The summed E-state index contributed by atoms with van der Waals surface area (Å²) >= 11 is 6.16. The van der Waals surface area contributed by atoms with Gasteiger partial charge in [0.25, 0.3) is 0 Å². The number of aryl methyl sites for hydroxylation is 1. The van der Waals surface area contributed by atoms with E-state index in [2.05, 4.69) is 25.2 Å². The molecule has 1 aliphatic heterocycles. The number of aromatic nitrogens is 3. The molecular formula is C15H19ClN6O. The van der Waals surface area contributed by atoms with Crippen molar-refractivity contribution in [3.8, 4) is 5.75 Å². The third-order valence-corrected chi connectivity index (χ3v) is 4.21. The fraction of sp³-hybridized carbons (Fsp3) is 0.400. The van der Waals surface area contributed by atoms with Crippen LogP contribution in [0.15, 0.2) is 6.20 Å². The minimum absolute atomic E-state index is 0.161. The maximum absolute atomic E-state index is 6.16. The summed E-state index contributed by atoms with van der Waals surface area (Å²) in [5.74, 6) is 1.73. The van der Waals surface area contributed by atoms with Gasteiger partial charge in [-0.05, 0) is 13.8 Å². The van der Waals surface area contributed by atoms with Gasteiger partial charge in [0, 0.05) is 30.4 Å². The maximum atomic E-state index is 6.16. The molecule has 0 radical (unpaired) electrons. The molecule has 3 rings (SSSR count). The Morgan fingerprint density at radius 3 is 2.91 bits per heavy atom. The van der Waals surface area contributed by atoms with Crippen molar-refractivity contribution in [2.24, 2.45) is 0 Å². The van der Waals surface area contributed by atoms with Gasteiger partial charge in [0.2, 0.25) is 5.95 Å². The Balaban J connectivity index is 1.97. The predicted molar refractivity (Wildman–Crippen MR) is 91.3 cm³/mol. The molecule has 0 aliphatic carbocycles. The molecule has 0 spiro atoms. The number of pyridine rings is 1. The van der Waals surface area contributed by atoms with Crippen LogP contribution in [0.1, 0.15) is 16.8 Å². The number of hydrogen-bond donors (Lipinski definition) is 2. The van der Waals surface area contributed by atoms with Crippen LogP contribution in [-0.4, -0.2) is 35.2 Å². The second-order valence-electron chi connectivity index (χ2n) is 5.47. The molecule has 0 atom stereocenters. The molecule has 1 aliphatic rings. The van der Waals surface area contributed by atoms with E-state index in [1.807, 2.05) is 20.0 Å². The van der Waals surface area contributed by atoms with Crippen LogP contribution in [0, 0.1) is 13.8 Å². The van der Waals surface area contributed by atoms with E-state index in [-0.39, 0.29) is 5.95 Å². The van der Waals surface area contributed by atoms with E-state index in [0.29, 0.717) is 23.2 Å². The number of methoxy groups -OCH3 is 1. The molecule has 2 aromatic heterocycles. The molecule has 0 fully saturated rings. The highest BCUT2D eigenvalue weighted by Gasteiger charge is 2.23. The Bertz CT molecular complexity index is 751. The molecule has 8 heteroatoms. The van der Waals surface area contributed by atoms with Crippen LogP contribution in [0.4, 0.5) is 17.5 Å². The number of nitrogens with two attached hydrogens (primary N) is 1. The molecule has 3 heterocycles. The molecule has 0 saturated carbocycles. The van der Waals surface area contributed by atoms with Gasteiger partial charge in [0.05, 0.1) is 19.3 Å². The number of anilines is 3. The number of ether oxygens (including phenoxy) is 1. The van der Waals surface area contributed by atoms with E-state index in [4.69, 9.17) is 22.1 Å². The number of halogens is 1. The van der Waals surface area contributed by atoms with Crippen molar-refractivity contribution >= 4 is 29.1 Å². The van der Waals surface area contributed by atoms with Crippen LogP contribution in [0.5, 0.6) is 5.75 Å². The molecule has 3 N–H and O–H groups in total. The standard InChI is InChI=1S/C15H19ClN6O/c1-8-6-19-10(9(2)12(8)23-3)7-22-5-4-18-11-13(16)20-15(17)21-14(11)22/h6,18H,4-5,7H2,1-3H3,(H2,17,20,21). The van der Waals surface area contributed by atoms with Crippen molar-refractivity contribution in [1.82, 2.24) is 15.0 Å². The van der Waals surface area contributed by atoms with Crippen LogP contribution in [0.2, 0.25) is 5.15 Å². The summed E-state index contributed by atoms with van der Waals surface area (Å²) in [4.78, 5) is 15.0. The molecule has 0 saturated heterocycles. The first-order valence-corrected chi connectivity index (χ1v) is 7.70. The van der Waals surface area contributed by atoms with E-state index in [1.165, 1.54) is 0 Å². The molecular weight excluding hydrogens is 316 g/mol. The van der Waals surface area contributed by atoms with Crippen molar-refractivity contribution in [2.75, 3.05) is 36.1 Å². The second kappa shape index (κ2) is 6.08. The van der Waals surface area contributed by atoms with E-state index in [0.717, 1.165) is 35.7 Å². The number of fused-ring (bicyclic) bond motifs is 1. The van der Waals surface area contributed by atoms with Gasteiger partial charge in [-0.25, -0.2) is 0 Å². The second-order valence-corrected chi connectivity index (χ2v) is 5.82. The van der Waals surface area contributed by atoms with Gasteiger partial charge < -0.3 is 20.7 Å². The van der Waals surface area contributed by atoms with Crippen molar-refractivity contribution in [3.63, 3.8) is 0 Å². The number of nitrogen functional groups attached to an aromatic ring is 1. The quantitative estimate of drug-likeness (QED) is 0.831. The van der Waals surface area contributed by atoms with Gasteiger partial charge in [-0.2, -0.15) is 9.97 Å². The first kappa shape index (κ1) is 15.6. The average Bonchev–Trinajstić information content (AvgIpc) is 2.51. The summed E-state index contributed by atoms with van der Waals surface area (Å²) in [7, 11) is 1.67. The summed E-state index contributed by atoms with van der Waals surface area (Å²) in [6.07, 6.45) is 1.82. The monoisotopic (exact) mass is 334 g/mol. The van der Waals surface area contributed by atoms with Crippen molar-refractivity contribution < 1.29 is 4.74 Å². The van der Waals surface area contributed by atoms with Crippen molar-refractivity contribution in [3.05, 3.63) is 28.2 Å². The minimum atomic E-state index is 0.161. The summed E-state index contributed by atoms with van der Waals surface area (Å²) in [6, 6.07) is 0. The molecule has 0 bridgehead atoms. The van der Waals surface area contributed by atoms with E-state index in [9.17, 15) is 0 Å². The molecule has 2 aromatic rings. The fourth-order valence-corrected chi connectivity index (χ4v) is 3.04. The zero-order valence-electron chi connectivity index (χ0n) is 13.4. The minimum Gasteiger partial charge on any atom is -0.496 e. The first-order chi connectivity index (χ1) is 11.0. The lowest BCUT2D eigenvalue weighted by molar-refractivity contribution is 0.406. The Labute approximate surface area is 139 Å². The smallest absolute Gasteiger partial charge is 0.223 e. The normalized spacial score (nSPS) is 13.5. The van der Waals surface area contributed by atoms with Crippen LogP contribution in [0.3, 0.4) is 0 Å². The van der Waals surface area contributed by atoms with Crippen LogP contribution >= 0.6 is 11.6 Å². The van der Waals surface area contributed by atoms with Gasteiger partial charge in [-0.1, -0.05) is 11.6 Å². The van der Waals surface area contributed by atoms with Crippen molar-refractivity contribution in [2.45, 2.75) is 20.4 Å². The fourth-order valence-electron chi connectivity index (χ4n) is 2.81. The summed E-state index contributed by atoms with van der Waals surface area (Å²) < 4.78 is 5.48. The predicted octanol–water partition coefficient (Wildman–Crippen LogP) is 2.16. The van der Waals surface area contributed by atoms with Gasteiger partial charge in [-0.15, -0.1) is 0 Å². The zero-order valence-corrected chi connectivity index (χ0v) is 14.1. The average molecular weight is 335 g/mol. The lowest BCUT2D eigenvalue weighted by Crippen LogP contribution is -2.35. The third-order valence-electron chi connectivity index (χ3n) is 3.94. The molecule has 7 nitrogen and oxygen atoms in total. The Kier molecular flexibility index (Phi) is 4.12. The van der Waals surface area contributed by atoms with E-state index in [1.54, 1.807) is 7.11 Å². The Morgan fingerprint density at radius 2 is 2.17 bits per heavy atom. The lowest BCUT2D eigenvalue weighted by atomic mass is 10.1. The highest BCUT2D eigenvalue weighted by Crippen LogP contribution is 2.34. The highest BCUT2D eigenvalue weighted by atomic mass is 35.5. The number of hydrogen-bond acceptors (Lipinski definition) is 7. The van der Waals surface area contributed by atoms with Crippen LogP contribution < -0.4 is 20.7 Å². The number of rotatable bonds is 3. The van der Waals surface area contributed by atoms with Crippen molar-refractivity contribution in [1.29, 1.82) is 0 Å². The lowest BCUT2D eigenvalue weighted by Gasteiger charge is -2.31.